The number of aromatic amines is 1. The van der Waals surface area contributed by atoms with Crippen molar-refractivity contribution < 1.29 is 9.90 Å². The van der Waals surface area contributed by atoms with Gasteiger partial charge >= 0.3 is 0 Å². The van der Waals surface area contributed by atoms with Gasteiger partial charge in [-0.1, -0.05) is 36.4 Å². The Morgan fingerprint density at radius 1 is 1.14 bits per heavy atom. The lowest BCUT2D eigenvalue weighted by Gasteiger charge is -2.12. The number of hydrogen-bond acceptors (Lipinski definition) is 2. The lowest BCUT2D eigenvalue weighted by Crippen LogP contribution is -2.33. The first-order valence-corrected chi connectivity index (χ1v) is 7.30. The fourth-order valence-corrected chi connectivity index (χ4v) is 2.46. The number of carbonyl (C=O) groups is 1. The average molecular weight is 294 g/mol. The van der Waals surface area contributed by atoms with E-state index in [1.54, 1.807) is 6.07 Å². The number of hydrogen-bond donors (Lipinski definition) is 3. The van der Waals surface area contributed by atoms with Crippen LogP contribution in [0.2, 0.25) is 0 Å². The van der Waals surface area contributed by atoms with Gasteiger partial charge in [0.1, 0.15) is 0 Å². The summed E-state index contributed by atoms with van der Waals surface area (Å²) in [6.07, 6.45) is 1.77. The minimum atomic E-state index is -0.597. The third kappa shape index (κ3) is 3.35. The van der Waals surface area contributed by atoms with Gasteiger partial charge in [0.15, 0.2) is 0 Å². The molecule has 1 unspecified atom stereocenters. The van der Waals surface area contributed by atoms with Crippen LogP contribution in [0.25, 0.3) is 10.9 Å². The first-order valence-electron chi connectivity index (χ1n) is 7.30. The molecule has 1 aromatic heterocycles. The number of aliphatic hydroxyl groups excluding tert-OH is 1. The van der Waals surface area contributed by atoms with E-state index in [9.17, 15) is 9.90 Å². The molecule has 0 bridgehead atoms. The molecule has 4 nitrogen and oxygen atoms in total. The smallest absolute Gasteiger partial charge is 0.251 e. The van der Waals surface area contributed by atoms with Gasteiger partial charge in [0.2, 0.25) is 0 Å². The van der Waals surface area contributed by atoms with E-state index in [1.807, 2.05) is 54.7 Å². The Kier molecular flexibility index (Phi) is 4.21. The molecule has 3 rings (SSSR count). The summed E-state index contributed by atoms with van der Waals surface area (Å²) in [5.41, 5.74) is 2.57. The number of amides is 1. The van der Waals surface area contributed by atoms with E-state index in [2.05, 4.69) is 10.3 Å². The standard InChI is InChI=1S/C18H18N2O2/c21-16(10-13-4-2-1-3-5-13)12-20-18(22)15-7-6-14-8-9-19-17(14)11-15/h1-9,11,16,19,21H,10,12H2,(H,20,22). The van der Waals surface area contributed by atoms with Crippen LogP contribution in [-0.4, -0.2) is 28.6 Å². The average Bonchev–Trinajstić information content (AvgIpc) is 3.01. The Morgan fingerprint density at radius 3 is 2.77 bits per heavy atom. The number of aliphatic hydroxyl groups is 1. The van der Waals surface area contributed by atoms with E-state index < -0.39 is 6.10 Å². The number of aromatic nitrogens is 1. The van der Waals surface area contributed by atoms with Crippen molar-refractivity contribution >= 4 is 16.8 Å². The molecule has 0 saturated carbocycles. The van der Waals surface area contributed by atoms with Gasteiger partial charge in [-0.3, -0.25) is 4.79 Å². The predicted molar refractivity (Wildman–Crippen MR) is 86.8 cm³/mol. The molecular weight excluding hydrogens is 276 g/mol. The molecule has 0 spiro atoms. The first kappa shape index (κ1) is 14.4. The highest BCUT2D eigenvalue weighted by Gasteiger charge is 2.10. The zero-order chi connectivity index (χ0) is 15.4. The van der Waals surface area contributed by atoms with Crippen molar-refractivity contribution in [2.75, 3.05) is 6.54 Å². The van der Waals surface area contributed by atoms with Gasteiger partial charge in [0.05, 0.1) is 6.10 Å². The van der Waals surface area contributed by atoms with E-state index >= 15 is 0 Å². The monoisotopic (exact) mass is 294 g/mol. The Balaban J connectivity index is 1.57. The molecule has 1 atom stereocenters. The van der Waals surface area contributed by atoms with E-state index in [1.165, 1.54) is 0 Å². The van der Waals surface area contributed by atoms with Crippen molar-refractivity contribution in [2.45, 2.75) is 12.5 Å². The second-order valence-electron chi connectivity index (χ2n) is 5.33. The van der Waals surface area contributed by atoms with E-state index in [-0.39, 0.29) is 12.5 Å². The van der Waals surface area contributed by atoms with Crippen LogP contribution in [-0.2, 0) is 6.42 Å². The van der Waals surface area contributed by atoms with Gasteiger partial charge in [-0.25, -0.2) is 0 Å². The highest BCUT2D eigenvalue weighted by molar-refractivity contribution is 5.97. The predicted octanol–water partition coefficient (Wildman–Crippen LogP) is 2.50. The molecule has 1 amide bonds. The van der Waals surface area contributed by atoms with Crippen molar-refractivity contribution in [1.29, 1.82) is 0 Å². The second-order valence-corrected chi connectivity index (χ2v) is 5.33. The minimum absolute atomic E-state index is 0.177. The fourth-order valence-electron chi connectivity index (χ4n) is 2.46. The maximum Gasteiger partial charge on any atom is 0.251 e. The van der Waals surface area contributed by atoms with Crippen molar-refractivity contribution in [1.82, 2.24) is 10.3 Å². The molecule has 2 aromatic carbocycles. The molecule has 4 heteroatoms. The third-order valence-electron chi connectivity index (χ3n) is 3.63. The summed E-state index contributed by atoms with van der Waals surface area (Å²) in [5, 5.41) is 13.9. The summed E-state index contributed by atoms with van der Waals surface area (Å²) >= 11 is 0. The Hall–Kier alpha value is -2.59. The zero-order valence-electron chi connectivity index (χ0n) is 12.1. The molecule has 0 saturated heterocycles. The quantitative estimate of drug-likeness (QED) is 0.677. The normalized spacial score (nSPS) is 12.2. The Morgan fingerprint density at radius 2 is 1.95 bits per heavy atom. The fraction of sp³-hybridized carbons (Fsp3) is 0.167. The van der Waals surface area contributed by atoms with E-state index in [0.29, 0.717) is 12.0 Å². The number of fused-ring (bicyclic) bond motifs is 1. The maximum atomic E-state index is 12.1. The molecule has 1 heterocycles. The molecule has 3 N–H and O–H groups in total. The molecule has 0 aliphatic rings. The van der Waals surface area contributed by atoms with Crippen LogP contribution in [0.4, 0.5) is 0 Å². The van der Waals surface area contributed by atoms with E-state index in [4.69, 9.17) is 0 Å². The number of rotatable bonds is 5. The van der Waals surface area contributed by atoms with Gasteiger partial charge < -0.3 is 15.4 Å². The topological polar surface area (TPSA) is 65.1 Å². The molecule has 0 aliphatic heterocycles. The summed E-state index contributed by atoms with van der Waals surface area (Å²) in [4.78, 5) is 15.2. The lowest BCUT2D eigenvalue weighted by molar-refractivity contribution is 0.0916. The van der Waals surface area contributed by atoms with Crippen LogP contribution in [0.15, 0.2) is 60.8 Å². The Bertz CT molecular complexity index is 765. The van der Waals surface area contributed by atoms with Crippen LogP contribution in [0.3, 0.4) is 0 Å². The van der Waals surface area contributed by atoms with Crippen LogP contribution in [0.5, 0.6) is 0 Å². The minimum Gasteiger partial charge on any atom is -0.391 e. The highest BCUT2D eigenvalue weighted by atomic mass is 16.3. The summed E-state index contributed by atoms with van der Waals surface area (Å²) < 4.78 is 0. The van der Waals surface area contributed by atoms with Gasteiger partial charge in [-0.15, -0.1) is 0 Å². The van der Waals surface area contributed by atoms with Crippen LogP contribution < -0.4 is 5.32 Å². The third-order valence-corrected chi connectivity index (χ3v) is 3.63. The van der Waals surface area contributed by atoms with Crippen LogP contribution in [0, 0.1) is 0 Å². The molecule has 0 fully saturated rings. The van der Waals surface area contributed by atoms with Crippen LogP contribution in [0.1, 0.15) is 15.9 Å². The maximum absolute atomic E-state index is 12.1. The van der Waals surface area contributed by atoms with Gasteiger partial charge in [-0.05, 0) is 29.1 Å². The molecular formula is C18H18N2O2. The van der Waals surface area contributed by atoms with E-state index in [0.717, 1.165) is 16.5 Å². The molecule has 0 radical (unpaired) electrons. The summed E-state index contributed by atoms with van der Waals surface area (Å²) in [6, 6.07) is 17.2. The van der Waals surface area contributed by atoms with Crippen molar-refractivity contribution in [3.8, 4) is 0 Å². The number of H-pyrrole nitrogens is 1. The molecule has 3 aromatic rings. The van der Waals surface area contributed by atoms with Crippen molar-refractivity contribution in [2.24, 2.45) is 0 Å². The number of nitrogens with one attached hydrogen (secondary N) is 2. The molecule has 22 heavy (non-hydrogen) atoms. The van der Waals surface area contributed by atoms with Gasteiger partial charge in [0, 0.05) is 30.2 Å². The first-order chi connectivity index (χ1) is 10.7. The lowest BCUT2D eigenvalue weighted by atomic mass is 10.1. The number of carbonyl (C=O) groups excluding carboxylic acids is 1. The molecule has 112 valence electrons. The van der Waals surface area contributed by atoms with Crippen molar-refractivity contribution in [3.63, 3.8) is 0 Å². The highest BCUT2D eigenvalue weighted by Crippen LogP contribution is 2.14. The summed E-state index contributed by atoms with van der Waals surface area (Å²) in [7, 11) is 0. The summed E-state index contributed by atoms with van der Waals surface area (Å²) in [5.74, 6) is -0.177. The van der Waals surface area contributed by atoms with Gasteiger partial charge in [-0.2, -0.15) is 0 Å². The van der Waals surface area contributed by atoms with Crippen LogP contribution >= 0.6 is 0 Å². The zero-order valence-corrected chi connectivity index (χ0v) is 12.1. The van der Waals surface area contributed by atoms with Gasteiger partial charge in [0.25, 0.3) is 5.91 Å². The Labute approximate surface area is 128 Å². The summed E-state index contributed by atoms with van der Waals surface area (Å²) in [6.45, 7) is 0.233. The second kappa shape index (κ2) is 6.45. The SMILES string of the molecule is O=C(NCC(O)Cc1ccccc1)c1ccc2cc[nH]c2c1. The number of benzene rings is 2. The molecule has 0 aliphatic carbocycles. The van der Waals surface area contributed by atoms with Crippen molar-refractivity contribution in [3.05, 3.63) is 71.9 Å². The largest absolute Gasteiger partial charge is 0.391 e.